The van der Waals surface area contributed by atoms with Gasteiger partial charge in [0.2, 0.25) is 15.9 Å². The van der Waals surface area contributed by atoms with Crippen LogP contribution in [-0.4, -0.2) is 71.1 Å². The summed E-state index contributed by atoms with van der Waals surface area (Å²) in [5, 5.41) is 0. The Balaban J connectivity index is 1.58. The Morgan fingerprint density at radius 2 is 1.94 bits per heavy atom. The maximum absolute atomic E-state index is 11.7. The van der Waals surface area contributed by atoms with Gasteiger partial charge in [0.05, 0.1) is 39.8 Å². The molecule has 1 aromatic carbocycles. The third-order valence-electron chi connectivity index (χ3n) is 5.25. The monoisotopic (exact) mass is 449 g/mol. The normalized spacial score (nSPS) is 16.7. The first-order valence-electron chi connectivity index (χ1n) is 10.1. The number of fused-ring (bicyclic) bond motifs is 1. The van der Waals surface area contributed by atoms with Gasteiger partial charge in [-0.25, -0.2) is 13.4 Å². The fraction of sp³-hybridized carbons (Fsp3) is 0.476. The lowest BCUT2D eigenvalue weighted by Crippen LogP contribution is -2.38. The van der Waals surface area contributed by atoms with E-state index in [9.17, 15) is 8.42 Å². The number of nitrogens with one attached hydrogen (secondary N) is 1. The van der Waals surface area contributed by atoms with Crippen LogP contribution >= 0.6 is 0 Å². The number of methoxy groups -OCH3 is 1. The van der Waals surface area contributed by atoms with Crippen molar-refractivity contribution in [2.45, 2.75) is 13.2 Å². The highest BCUT2D eigenvalue weighted by atomic mass is 32.2. The van der Waals surface area contributed by atoms with Crippen LogP contribution in [0, 0.1) is 0 Å². The SMILES string of the molecule is COc1ncc(-c2cc3c(c(OCCN4CCOCC4)c2)COC3)cc1NS(C)(=O)=O. The molecule has 31 heavy (non-hydrogen) atoms. The summed E-state index contributed by atoms with van der Waals surface area (Å²) in [4.78, 5) is 6.58. The van der Waals surface area contributed by atoms with E-state index in [0.717, 1.165) is 67.1 Å². The van der Waals surface area contributed by atoms with Gasteiger partial charge in [-0.3, -0.25) is 9.62 Å². The maximum atomic E-state index is 11.7. The van der Waals surface area contributed by atoms with E-state index in [4.69, 9.17) is 18.9 Å². The van der Waals surface area contributed by atoms with Crippen LogP contribution in [0.25, 0.3) is 11.1 Å². The Kier molecular flexibility index (Phi) is 6.61. The molecule has 1 N–H and O–H groups in total. The van der Waals surface area contributed by atoms with E-state index in [-0.39, 0.29) is 11.6 Å². The van der Waals surface area contributed by atoms with Crippen molar-refractivity contribution in [1.82, 2.24) is 9.88 Å². The molecule has 0 atom stereocenters. The molecular weight excluding hydrogens is 422 g/mol. The van der Waals surface area contributed by atoms with Crippen molar-refractivity contribution in [3.05, 3.63) is 35.5 Å². The third kappa shape index (κ3) is 5.45. The minimum Gasteiger partial charge on any atom is -0.492 e. The van der Waals surface area contributed by atoms with Crippen molar-refractivity contribution in [3.8, 4) is 22.8 Å². The quantitative estimate of drug-likeness (QED) is 0.652. The molecule has 0 amide bonds. The van der Waals surface area contributed by atoms with Crippen molar-refractivity contribution in [2.75, 3.05) is 57.5 Å². The molecule has 0 aliphatic carbocycles. The summed E-state index contributed by atoms with van der Waals surface area (Å²) in [5.74, 6) is 0.993. The van der Waals surface area contributed by atoms with E-state index in [0.29, 0.717) is 19.8 Å². The molecular formula is C21H27N3O6S. The summed E-state index contributed by atoms with van der Waals surface area (Å²) in [6.07, 6.45) is 2.74. The van der Waals surface area contributed by atoms with Crippen LogP contribution in [0.5, 0.6) is 11.6 Å². The predicted molar refractivity (Wildman–Crippen MR) is 116 cm³/mol. The van der Waals surface area contributed by atoms with Crippen LogP contribution in [-0.2, 0) is 32.7 Å². The number of hydrogen-bond donors (Lipinski definition) is 1. The second-order valence-corrected chi connectivity index (χ2v) is 9.31. The lowest BCUT2D eigenvalue weighted by Gasteiger charge is -2.26. The largest absolute Gasteiger partial charge is 0.492 e. The zero-order chi connectivity index (χ0) is 21.8. The van der Waals surface area contributed by atoms with Gasteiger partial charge in [0.15, 0.2) is 0 Å². The van der Waals surface area contributed by atoms with Gasteiger partial charge in [0.1, 0.15) is 18.0 Å². The molecule has 3 heterocycles. The average molecular weight is 450 g/mol. The van der Waals surface area contributed by atoms with Gasteiger partial charge in [-0.05, 0) is 29.3 Å². The Morgan fingerprint density at radius 3 is 2.68 bits per heavy atom. The molecule has 0 unspecified atom stereocenters. The number of morpholine rings is 1. The van der Waals surface area contributed by atoms with Crippen LogP contribution < -0.4 is 14.2 Å². The van der Waals surface area contributed by atoms with E-state index in [2.05, 4.69) is 14.6 Å². The Labute approximate surface area is 182 Å². The van der Waals surface area contributed by atoms with Gasteiger partial charge in [-0.2, -0.15) is 0 Å². The minimum atomic E-state index is -3.48. The topological polar surface area (TPSA) is 99.2 Å². The predicted octanol–water partition coefficient (Wildman–Crippen LogP) is 1.87. The number of ether oxygens (including phenoxy) is 4. The number of anilines is 1. The molecule has 0 radical (unpaired) electrons. The highest BCUT2D eigenvalue weighted by Gasteiger charge is 2.20. The first-order chi connectivity index (χ1) is 14.9. The molecule has 2 aliphatic heterocycles. The molecule has 10 heteroatoms. The van der Waals surface area contributed by atoms with Gasteiger partial charge in [-0.15, -0.1) is 0 Å². The number of hydrogen-bond acceptors (Lipinski definition) is 8. The fourth-order valence-electron chi connectivity index (χ4n) is 3.71. The zero-order valence-electron chi connectivity index (χ0n) is 17.7. The summed E-state index contributed by atoms with van der Waals surface area (Å²) in [6.45, 7) is 5.77. The average Bonchev–Trinajstić information content (AvgIpc) is 3.22. The minimum absolute atomic E-state index is 0.209. The Bertz CT molecular complexity index is 1040. The second kappa shape index (κ2) is 9.39. The lowest BCUT2D eigenvalue weighted by atomic mass is 10.0. The van der Waals surface area contributed by atoms with Crippen molar-refractivity contribution in [2.24, 2.45) is 0 Å². The fourth-order valence-corrected chi connectivity index (χ4v) is 4.25. The van der Waals surface area contributed by atoms with E-state index >= 15 is 0 Å². The first-order valence-corrected chi connectivity index (χ1v) is 12.0. The van der Waals surface area contributed by atoms with Crippen molar-refractivity contribution >= 4 is 15.7 Å². The summed E-state index contributed by atoms with van der Waals surface area (Å²) in [5.41, 5.74) is 4.03. The third-order valence-corrected chi connectivity index (χ3v) is 5.84. The molecule has 1 fully saturated rings. The standard InChI is InChI=1S/C21H27N3O6S/c1-27-21-19(23-31(2,25)26)10-16(12-22-21)15-9-17-13-29-14-18(17)20(11-15)30-8-5-24-3-6-28-7-4-24/h9-12,23H,3-8,13-14H2,1-2H3. The number of pyridine rings is 1. The molecule has 0 bridgehead atoms. The summed E-state index contributed by atoms with van der Waals surface area (Å²) in [6, 6.07) is 5.70. The molecule has 2 aromatic rings. The lowest BCUT2D eigenvalue weighted by molar-refractivity contribution is 0.0321. The highest BCUT2D eigenvalue weighted by Crippen LogP contribution is 2.36. The summed E-state index contributed by atoms with van der Waals surface area (Å²) < 4.78 is 48.3. The van der Waals surface area contributed by atoms with Crippen LogP contribution in [0.1, 0.15) is 11.1 Å². The molecule has 168 valence electrons. The van der Waals surface area contributed by atoms with Crippen LogP contribution in [0.3, 0.4) is 0 Å². The second-order valence-electron chi connectivity index (χ2n) is 7.56. The van der Waals surface area contributed by atoms with E-state index in [1.165, 1.54) is 7.11 Å². The van der Waals surface area contributed by atoms with Gasteiger partial charge in [-0.1, -0.05) is 0 Å². The summed E-state index contributed by atoms with van der Waals surface area (Å²) in [7, 11) is -2.03. The molecule has 0 saturated carbocycles. The van der Waals surface area contributed by atoms with Gasteiger partial charge < -0.3 is 18.9 Å². The van der Waals surface area contributed by atoms with Gasteiger partial charge in [0, 0.05) is 37.0 Å². The molecule has 0 spiro atoms. The van der Waals surface area contributed by atoms with E-state index in [1.54, 1.807) is 12.3 Å². The first kappa shape index (κ1) is 21.8. The van der Waals surface area contributed by atoms with Crippen LogP contribution in [0.2, 0.25) is 0 Å². The maximum Gasteiger partial charge on any atom is 0.238 e. The summed E-state index contributed by atoms with van der Waals surface area (Å²) >= 11 is 0. The number of sulfonamides is 1. The van der Waals surface area contributed by atoms with E-state index < -0.39 is 10.0 Å². The molecule has 9 nitrogen and oxygen atoms in total. The van der Waals surface area contributed by atoms with Gasteiger partial charge in [0.25, 0.3) is 0 Å². The smallest absolute Gasteiger partial charge is 0.238 e. The van der Waals surface area contributed by atoms with Crippen molar-refractivity contribution in [1.29, 1.82) is 0 Å². The van der Waals surface area contributed by atoms with Gasteiger partial charge >= 0.3 is 0 Å². The van der Waals surface area contributed by atoms with Crippen molar-refractivity contribution in [3.63, 3.8) is 0 Å². The molecule has 2 aliphatic rings. The van der Waals surface area contributed by atoms with Crippen LogP contribution in [0.4, 0.5) is 5.69 Å². The van der Waals surface area contributed by atoms with Crippen LogP contribution in [0.15, 0.2) is 24.4 Å². The number of nitrogens with zero attached hydrogens (tertiary/aromatic N) is 2. The molecule has 4 rings (SSSR count). The zero-order valence-corrected chi connectivity index (χ0v) is 18.5. The number of benzene rings is 1. The highest BCUT2D eigenvalue weighted by molar-refractivity contribution is 7.92. The molecule has 1 aromatic heterocycles. The van der Waals surface area contributed by atoms with E-state index in [1.807, 2.05) is 12.1 Å². The molecule has 1 saturated heterocycles. The Morgan fingerprint density at radius 1 is 1.13 bits per heavy atom. The number of aromatic nitrogens is 1. The van der Waals surface area contributed by atoms with Crippen molar-refractivity contribution < 1.29 is 27.4 Å². The number of rotatable bonds is 8. The Hall–Kier alpha value is -2.40.